The van der Waals surface area contributed by atoms with Crippen molar-refractivity contribution in [2.24, 2.45) is 0 Å². The number of ether oxygens (including phenoxy) is 2. The Kier molecular flexibility index (Phi) is 5.95. The number of hydrogen-bond donors (Lipinski definition) is 1. The highest BCUT2D eigenvalue weighted by Crippen LogP contribution is 2.44. The number of halogens is 2. The van der Waals surface area contributed by atoms with Gasteiger partial charge in [-0.2, -0.15) is 0 Å². The van der Waals surface area contributed by atoms with Crippen LogP contribution in [0.2, 0.25) is 10.2 Å². The molecule has 1 fully saturated rings. The van der Waals surface area contributed by atoms with Gasteiger partial charge in [0.15, 0.2) is 11.0 Å². The van der Waals surface area contributed by atoms with Crippen molar-refractivity contribution in [2.45, 2.75) is 26.7 Å². The Morgan fingerprint density at radius 2 is 2.03 bits per heavy atom. The molecule has 30 heavy (non-hydrogen) atoms. The van der Waals surface area contributed by atoms with E-state index >= 15 is 0 Å². The van der Waals surface area contributed by atoms with Crippen LogP contribution in [-0.4, -0.2) is 47.3 Å². The minimum Gasteiger partial charge on any atom is -0.491 e. The molecular formula is C21H25Cl2N5O2. The van der Waals surface area contributed by atoms with E-state index in [0.717, 1.165) is 41.5 Å². The van der Waals surface area contributed by atoms with E-state index in [2.05, 4.69) is 21.8 Å². The number of nitrogens with two attached hydrogens (primary N) is 1. The van der Waals surface area contributed by atoms with Crippen LogP contribution in [-0.2, 0) is 4.74 Å². The van der Waals surface area contributed by atoms with Crippen LogP contribution in [0.25, 0.3) is 5.52 Å². The SMILES string of the molecule is CCOc1c([C@H](C)c2nc(Cl)c3c(N)nccn23)cc(Cl)c(C)c1N1CCOCC1. The molecule has 7 nitrogen and oxygen atoms in total. The molecule has 1 aliphatic heterocycles. The Hall–Kier alpha value is -2.22. The van der Waals surface area contributed by atoms with Crippen molar-refractivity contribution in [3.8, 4) is 5.75 Å². The number of morpholine rings is 1. The lowest BCUT2D eigenvalue weighted by Crippen LogP contribution is -2.37. The number of nitrogens with zero attached hydrogens (tertiary/aromatic N) is 4. The van der Waals surface area contributed by atoms with Crippen LogP contribution in [0.4, 0.5) is 11.5 Å². The third-order valence-electron chi connectivity index (χ3n) is 5.51. The number of fused-ring (bicyclic) bond motifs is 1. The number of benzene rings is 1. The van der Waals surface area contributed by atoms with Crippen molar-refractivity contribution in [1.82, 2.24) is 14.4 Å². The van der Waals surface area contributed by atoms with Crippen LogP contribution in [0.1, 0.15) is 36.7 Å². The van der Waals surface area contributed by atoms with E-state index in [0.29, 0.717) is 41.3 Å². The third-order valence-corrected chi connectivity index (χ3v) is 6.17. The molecule has 3 aromatic rings. The van der Waals surface area contributed by atoms with E-state index in [1.807, 2.05) is 30.5 Å². The summed E-state index contributed by atoms with van der Waals surface area (Å²) in [5.74, 6) is 1.77. The molecule has 1 aromatic carbocycles. The van der Waals surface area contributed by atoms with Gasteiger partial charge in [0.1, 0.15) is 17.1 Å². The summed E-state index contributed by atoms with van der Waals surface area (Å²) in [5.41, 5.74) is 9.60. The molecule has 1 atom stereocenters. The Bertz CT molecular complexity index is 1080. The summed E-state index contributed by atoms with van der Waals surface area (Å²) in [4.78, 5) is 11.0. The predicted molar refractivity (Wildman–Crippen MR) is 120 cm³/mol. The zero-order valence-electron chi connectivity index (χ0n) is 17.3. The van der Waals surface area contributed by atoms with Crippen molar-refractivity contribution in [1.29, 1.82) is 0 Å². The van der Waals surface area contributed by atoms with Crippen LogP contribution in [0.15, 0.2) is 18.5 Å². The van der Waals surface area contributed by atoms with E-state index in [1.165, 1.54) is 0 Å². The van der Waals surface area contributed by atoms with Gasteiger partial charge in [0.05, 0.1) is 25.5 Å². The number of anilines is 2. The molecule has 0 radical (unpaired) electrons. The van der Waals surface area contributed by atoms with Gasteiger partial charge in [0.25, 0.3) is 0 Å². The minimum atomic E-state index is -0.147. The molecule has 0 aliphatic carbocycles. The molecule has 2 aromatic heterocycles. The highest BCUT2D eigenvalue weighted by atomic mass is 35.5. The van der Waals surface area contributed by atoms with Crippen LogP contribution in [0, 0.1) is 6.92 Å². The van der Waals surface area contributed by atoms with Gasteiger partial charge in [-0.3, -0.25) is 4.40 Å². The van der Waals surface area contributed by atoms with Gasteiger partial charge < -0.3 is 20.1 Å². The molecule has 2 N–H and O–H groups in total. The first-order valence-electron chi connectivity index (χ1n) is 10.00. The molecule has 1 aliphatic rings. The van der Waals surface area contributed by atoms with Gasteiger partial charge >= 0.3 is 0 Å². The topological polar surface area (TPSA) is 77.9 Å². The van der Waals surface area contributed by atoms with Gasteiger partial charge in [0, 0.05) is 42.0 Å². The van der Waals surface area contributed by atoms with Crippen molar-refractivity contribution in [2.75, 3.05) is 43.5 Å². The average Bonchev–Trinajstić information content (AvgIpc) is 3.09. The first kappa shape index (κ1) is 21.0. The molecular weight excluding hydrogens is 425 g/mol. The molecule has 160 valence electrons. The summed E-state index contributed by atoms with van der Waals surface area (Å²) in [5, 5.41) is 1.02. The van der Waals surface area contributed by atoms with Crippen LogP contribution in [0.5, 0.6) is 5.75 Å². The number of nitrogen functional groups attached to an aromatic ring is 1. The summed E-state index contributed by atoms with van der Waals surface area (Å²) in [7, 11) is 0. The maximum absolute atomic E-state index is 6.69. The van der Waals surface area contributed by atoms with E-state index in [9.17, 15) is 0 Å². The lowest BCUT2D eigenvalue weighted by molar-refractivity contribution is 0.122. The molecule has 0 unspecified atom stereocenters. The van der Waals surface area contributed by atoms with Crippen LogP contribution < -0.4 is 15.4 Å². The highest BCUT2D eigenvalue weighted by molar-refractivity contribution is 6.33. The van der Waals surface area contributed by atoms with E-state index in [-0.39, 0.29) is 5.92 Å². The molecule has 0 bridgehead atoms. The zero-order chi connectivity index (χ0) is 21.4. The van der Waals surface area contributed by atoms with Gasteiger partial charge in [-0.25, -0.2) is 9.97 Å². The lowest BCUT2D eigenvalue weighted by atomic mass is 9.95. The smallest absolute Gasteiger partial charge is 0.158 e. The zero-order valence-corrected chi connectivity index (χ0v) is 18.8. The normalized spacial score (nSPS) is 15.6. The second-order valence-electron chi connectivity index (χ2n) is 7.30. The van der Waals surface area contributed by atoms with Crippen molar-refractivity contribution in [3.05, 3.63) is 45.6 Å². The Labute approximate surface area is 185 Å². The van der Waals surface area contributed by atoms with Gasteiger partial charge in [-0.05, 0) is 25.5 Å². The molecule has 9 heteroatoms. The number of aromatic nitrogens is 3. The lowest BCUT2D eigenvalue weighted by Gasteiger charge is -2.33. The maximum Gasteiger partial charge on any atom is 0.158 e. The Morgan fingerprint density at radius 1 is 1.30 bits per heavy atom. The largest absolute Gasteiger partial charge is 0.491 e. The molecule has 3 heterocycles. The van der Waals surface area contributed by atoms with Crippen LogP contribution in [0.3, 0.4) is 0 Å². The van der Waals surface area contributed by atoms with E-state index in [1.54, 1.807) is 6.20 Å². The van der Waals surface area contributed by atoms with Crippen molar-refractivity contribution >= 4 is 40.2 Å². The van der Waals surface area contributed by atoms with E-state index in [4.69, 9.17) is 38.4 Å². The average molecular weight is 450 g/mol. The first-order chi connectivity index (χ1) is 14.4. The quantitative estimate of drug-likeness (QED) is 0.624. The van der Waals surface area contributed by atoms with Gasteiger partial charge in [-0.1, -0.05) is 30.1 Å². The Balaban J connectivity index is 1.90. The number of imidazole rings is 1. The fourth-order valence-corrected chi connectivity index (χ4v) is 4.48. The van der Waals surface area contributed by atoms with E-state index < -0.39 is 0 Å². The summed E-state index contributed by atoms with van der Waals surface area (Å²) in [6.45, 7) is 9.54. The predicted octanol–water partition coefficient (Wildman–Crippen LogP) is 4.31. The van der Waals surface area contributed by atoms with Crippen molar-refractivity contribution < 1.29 is 9.47 Å². The second-order valence-corrected chi connectivity index (χ2v) is 8.06. The van der Waals surface area contributed by atoms with Gasteiger partial charge in [-0.15, -0.1) is 0 Å². The minimum absolute atomic E-state index is 0.147. The monoisotopic (exact) mass is 449 g/mol. The molecule has 0 saturated carbocycles. The standard InChI is InChI=1S/C21H25Cl2N5O2/c1-4-30-18-14(11-15(22)13(3)16(18)27-7-9-29-10-8-27)12(2)21-26-19(23)17-20(24)25-5-6-28(17)21/h5-6,11-12H,4,7-10H2,1-3H3,(H2,24,25)/t12-/m0/s1. The van der Waals surface area contributed by atoms with Crippen molar-refractivity contribution in [3.63, 3.8) is 0 Å². The molecule has 0 amide bonds. The molecule has 4 rings (SSSR count). The Morgan fingerprint density at radius 3 is 2.73 bits per heavy atom. The fraction of sp³-hybridized carbons (Fsp3) is 0.429. The summed E-state index contributed by atoms with van der Waals surface area (Å²) < 4.78 is 13.6. The third kappa shape index (κ3) is 3.55. The summed E-state index contributed by atoms with van der Waals surface area (Å²) in [6, 6.07) is 1.97. The van der Waals surface area contributed by atoms with Crippen LogP contribution >= 0.6 is 23.2 Å². The molecule has 1 saturated heterocycles. The first-order valence-corrected chi connectivity index (χ1v) is 10.8. The summed E-state index contributed by atoms with van der Waals surface area (Å²) >= 11 is 13.1. The van der Waals surface area contributed by atoms with Gasteiger partial charge in [0.2, 0.25) is 0 Å². The number of rotatable bonds is 5. The second kappa shape index (κ2) is 8.49. The number of hydrogen-bond acceptors (Lipinski definition) is 6. The maximum atomic E-state index is 6.69. The summed E-state index contributed by atoms with van der Waals surface area (Å²) in [6.07, 6.45) is 3.46. The highest BCUT2D eigenvalue weighted by Gasteiger charge is 2.28. The fourth-order valence-electron chi connectivity index (χ4n) is 4.00. The molecule has 0 spiro atoms.